The van der Waals surface area contributed by atoms with Crippen molar-refractivity contribution in [2.24, 2.45) is 0 Å². The summed E-state index contributed by atoms with van der Waals surface area (Å²) in [6.45, 7) is 6.17. The Bertz CT molecular complexity index is 1000. The standard InChI is InChI=1S/C23H24N2O5/c1-15(20(26)24-17-8-6-5-7-9-17)13-23(2)14-25(22(28)30-4)19-11-10-16(12-18(19)23)21(27)29-3/h5-12H,1,13-14H2,2-4H3,(H,24,26). The van der Waals surface area contributed by atoms with Gasteiger partial charge in [0.05, 0.1) is 25.5 Å². The lowest BCUT2D eigenvalue weighted by molar-refractivity contribution is -0.113. The number of rotatable bonds is 5. The SMILES string of the molecule is C=C(CC1(C)CN(C(=O)OC)c2ccc(C(=O)OC)cc21)C(=O)Nc1ccccc1. The zero-order chi connectivity index (χ0) is 21.9. The molecule has 0 saturated carbocycles. The molecule has 7 heteroatoms. The number of esters is 1. The van der Waals surface area contributed by atoms with Gasteiger partial charge in [-0.25, -0.2) is 9.59 Å². The third-order valence-corrected chi connectivity index (χ3v) is 5.22. The quantitative estimate of drug-likeness (QED) is 0.599. The zero-order valence-corrected chi connectivity index (χ0v) is 17.2. The van der Waals surface area contributed by atoms with Gasteiger partial charge in [0.2, 0.25) is 0 Å². The van der Waals surface area contributed by atoms with Crippen molar-refractivity contribution >= 4 is 29.3 Å². The fraction of sp³-hybridized carbons (Fsp3) is 0.261. The molecule has 0 aliphatic carbocycles. The molecule has 1 unspecified atom stereocenters. The maximum atomic E-state index is 12.7. The highest BCUT2D eigenvalue weighted by atomic mass is 16.5. The van der Waals surface area contributed by atoms with Crippen molar-refractivity contribution < 1.29 is 23.9 Å². The molecule has 30 heavy (non-hydrogen) atoms. The number of amides is 2. The number of carbonyl (C=O) groups excluding carboxylic acids is 3. The van der Waals surface area contributed by atoms with Crippen LogP contribution in [0.4, 0.5) is 16.2 Å². The molecule has 2 aromatic rings. The smallest absolute Gasteiger partial charge is 0.414 e. The average molecular weight is 408 g/mol. The Hall–Kier alpha value is -3.61. The van der Waals surface area contributed by atoms with Gasteiger partial charge in [-0.05, 0) is 42.3 Å². The topological polar surface area (TPSA) is 84.9 Å². The number of ether oxygens (including phenoxy) is 2. The number of nitrogens with zero attached hydrogens (tertiary/aromatic N) is 1. The van der Waals surface area contributed by atoms with E-state index >= 15 is 0 Å². The van der Waals surface area contributed by atoms with Crippen molar-refractivity contribution in [3.8, 4) is 0 Å². The molecule has 0 bridgehead atoms. The molecule has 0 saturated heterocycles. The van der Waals surface area contributed by atoms with Crippen LogP contribution < -0.4 is 10.2 Å². The largest absolute Gasteiger partial charge is 0.465 e. The summed E-state index contributed by atoms with van der Waals surface area (Å²) >= 11 is 0. The molecule has 1 aliphatic heterocycles. The first-order valence-electron chi connectivity index (χ1n) is 9.41. The molecule has 1 heterocycles. The van der Waals surface area contributed by atoms with Gasteiger partial charge in [0.15, 0.2) is 0 Å². The number of nitrogens with one attached hydrogen (secondary N) is 1. The van der Waals surface area contributed by atoms with Crippen LogP contribution in [-0.4, -0.2) is 38.7 Å². The highest BCUT2D eigenvalue weighted by Gasteiger charge is 2.43. The van der Waals surface area contributed by atoms with Crippen molar-refractivity contribution in [3.05, 3.63) is 71.8 Å². The molecule has 156 valence electrons. The monoisotopic (exact) mass is 408 g/mol. The third-order valence-electron chi connectivity index (χ3n) is 5.22. The maximum absolute atomic E-state index is 12.7. The van der Waals surface area contributed by atoms with E-state index in [9.17, 15) is 14.4 Å². The van der Waals surface area contributed by atoms with Gasteiger partial charge in [-0.2, -0.15) is 0 Å². The van der Waals surface area contributed by atoms with E-state index in [2.05, 4.69) is 11.9 Å². The lowest BCUT2D eigenvalue weighted by Gasteiger charge is -2.26. The molecule has 2 amide bonds. The summed E-state index contributed by atoms with van der Waals surface area (Å²) in [6.07, 6.45) is -0.221. The highest BCUT2D eigenvalue weighted by molar-refractivity contribution is 6.03. The normalized spacial score (nSPS) is 17.1. The van der Waals surface area contributed by atoms with E-state index < -0.39 is 17.5 Å². The van der Waals surface area contributed by atoms with Gasteiger partial charge in [-0.15, -0.1) is 0 Å². The van der Waals surface area contributed by atoms with Gasteiger partial charge in [-0.3, -0.25) is 9.69 Å². The minimum atomic E-state index is -0.640. The first-order chi connectivity index (χ1) is 14.3. The van der Waals surface area contributed by atoms with Crippen molar-refractivity contribution in [1.82, 2.24) is 0 Å². The Balaban J connectivity index is 1.90. The number of para-hydroxylation sites is 1. The van der Waals surface area contributed by atoms with Crippen LogP contribution in [0.1, 0.15) is 29.3 Å². The Morgan fingerprint density at radius 1 is 1.10 bits per heavy atom. The fourth-order valence-electron chi connectivity index (χ4n) is 3.74. The molecule has 0 fully saturated rings. The minimum Gasteiger partial charge on any atom is -0.465 e. The van der Waals surface area contributed by atoms with E-state index in [-0.39, 0.29) is 18.9 Å². The van der Waals surface area contributed by atoms with Crippen molar-refractivity contribution in [2.75, 3.05) is 31.0 Å². The minimum absolute atomic E-state index is 0.288. The van der Waals surface area contributed by atoms with Gasteiger partial charge in [0, 0.05) is 23.2 Å². The predicted octanol–water partition coefficient (Wildman–Crippen LogP) is 3.90. The lowest BCUT2D eigenvalue weighted by Crippen LogP contribution is -2.36. The Kier molecular flexibility index (Phi) is 5.91. The van der Waals surface area contributed by atoms with E-state index in [0.29, 0.717) is 22.5 Å². The number of fused-ring (bicyclic) bond motifs is 1. The second kappa shape index (κ2) is 8.41. The van der Waals surface area contributed by atoms with Crippen LogP contribution in [0.3, 0.4) is 0 Å². The summed E-state index contributed by atoms with van der Waals surface area (Å²) in [6, 6.07) is 14.1. The Labute approximate surface area is 175 Å². The predicted molar refractivity (Wildman–Crippen MR) is 114 cm³/mol. The molecule has 0 spiro atoms. The van der Waals surface area contributed by atoms with Crippen molar-refractivity contribution in [2.45, 2.75) is 18.8 Å². The first-order valence-corrected chi connectivity index (χ1v) is 9.41. The number of hydrogen-bond acceptors (Lipinski definition) is 5. The molecule has 7 nitrogen and oxygen atoms in total. The van der Waals surface area contributed by atoms with Gasteiger partial charge in [0.1, 0.15) is 0 Å². The average Bonchev–Trinajstić information content (AvgIpc) is 3.05. The van der Waals surface area contributed by atoms with E-state index in [1.807, 2.05) is 25.1 Å². The van der Waals surface area contributed by atoms with Crippen LogP contribution in [0.2, 0.25) is 0 Å². The van der Waals surface area contributed by atoms with Crippen LogP contribution in [0.25, 0.3) is 0 Å². The van der Waals surface area contributed by atoms with Crippen LogP contribution >= 0.6 is 0 Å². The first kappa shape index (κ1) is 21.1. The molecule has 2 aromatic carbocycles. The maximum Gasteiger partial charge on any atom is 0.414 e. The lowest BCUT2D eigenvalue weighted by atomic mass is 9.78. The molecule has 0 aromatic heterocycles. The van der Waals surface area contributed by atoms with Gasteiger partial charge in [0.25, 0.3) is 5.91 Å². The van der Waals surface area contributed by atoms with E-state index in [0.717, 1.165) is 5.56 Å². The Morgan fingerprint density at radius 2 is 1.80 bits per heavy atom. The summed E-state index contributed by atoms with van der Waals surface area (Å²) in [5.41, 5.74) is 2.15. The zero-order valence-electron chi connectivity index (χ0n) is 17.2. The van der Waals surface area contributed by atoms with Crippen LogP contribution in [0.15, 0.2) is 60.7 Å². The van der Waals surface area contributed by atoms with E-state index in [1.54, 1.807) is 30.3 Å². The summed E-state index contributed by atoms with van der Waals surface area (Å²) in [5, 5.41) is 2.82. The number of methoxy groups -OCH3 is 2. The number of hydrogen-bond donors (Lipinski definition) is 1. The summed E-state index contributed by atoms with van der Waals surface area (Å²) in [5.74, 6) is -0.776. The van der Waals surface area contributed by atoms with Gasteiger partial charge in [-0.1, -0.05) is 31.7 Å². The molecular weight excluding hydrogens is 384 g/mol. The molecule has 1 atom stereocenters. The summed E-state index contributed by atoms with van der Waals surface area (Å²) < 4.78 is 9.73. The molecule has 0 radical (unpaired) electrons. The van der Waals surface area contributed by atoms with E-state index in [4.69, 9.17) is 9.47 Å². The van der Waals surface area contributed by atoms with Gasteiger partial charge >= 0.3 is 12.1 Å². The summed E-state index contributed by atoms with van der Waals surface area (Å²) in [4.78, 5) is 38.5. The Morgan fingerprint density at radius 3 is 2.43 bits per heavy atom. The third kappa shape index (κ3) is 4.05. The van der Waals surface area contributed by atoms with Crippen LogP contribution in [-0.2, 0) is 19.7 Å². The number of carbonyl (C=O) groups is 3. The second-order valence-corrected chi connectivity index (χ2v) is 7.44. The number of benzene rings is 2. The van der Waals surface area contributed by atoms with Crippen molar-refractivity contribution in [1.29, 1.82) is 0 Å². The number of anilines is 2. The van der Waals surface area contributed by atoms with Gasteiger partial charge < -0.3 is 14.8 Å². The summed E-state index contributed by atoms with van der Waals surface area (Å²) in [7, 11) is 2.62. The molecular formula is C23H24N2O5. The molecule has 3 rings (SSSR count). The van der Waals surface area contributed by atoms with Crippen LogP contribution in [0, 0.1) is 0 Å². The van der Waals surface area contributed by atoms with Crippen molar-refractivity contribution in [3.63, 3.8) is 0 Å². The van der Waals surface area contributed by atoms with E-state index in [1.165, 1.54) is 19.1 Å². The molecule has 1 N–H and O–H groups in total. The highest BCUT2D eigenvalue weighted by Crippen LogP contribution is 2.45. The molecule has 1 aliphatic rings. The van der Waals surface area contributed by atoms with Crippen LogP contribution in [0.5, 0.6) is 0 Å². The fourth-order valence-corrected chi connectivity index (χ4v) is 3.74. The second-order valence-electron chi connectivity index (χ2n) is 7.44.